The van der Waals surface area contributed by atoms with Crippen molar-refractivity contribution >= 4 is 0 Å². The standard InChI is InChI=1S/C9H16N2O2/c1-7-8(2)13-9(11-7)6-10-4-3-5-12/h10,12H,3-6H2,1-2H3. The van der Waals surface area contributed by atoms with Crippen LogP contribution in [0.25, 0.3) is 0 Å². The maximum absolute atomic E-state index is 8.53. The van der Waals surface area contributed by atoms with Crippen molar-refractivity contribution in [2.24, 2.45) is 0 Å². The lowest BCUT2D eigenvalue weighted by atomic mass is 10.4. The molecule has 2 N–H and O–H groups in total. The number of oxazole rings is 1. The predicted molar refractivity (Wildman–Crippen MR) is 49.4 cm³/mol. The second kappa shape index (κ2) is 4.99. The van der Waals surface area contributed by atoms with Crippen LogP contribution in [0.3, 0.4) is 0 Å². The molecule has 4 heteroatoms. The largest absolute Gasteiger partial charge is 0.444 e. The van der Waals surface area contributed by atoms with Gasteiger partial charge in [-0.25, -0.2) is 4.98 Å². The van der Waals surface area contributed by atoms with Gasteiger partial charge in [0.25, 0.3) is 0 Å². The topological polar surface area (TPSA) is 58.3 Å². The second-order valence-electron chi connectivity index (χ2n) is 3.00. The minimum atomic E-state index is 0.219. The lowest BCUT2D eigenvalue weighted by Crippen LogP contribution is -2.15. The van der Waals surface area contributed by atoms with E-state index in [-0.39, 0.29) is 6.61 Å². The van der Waals surface area contributed by atoms with E-state index in [0.717, 1.165) is 24.4 Å². The first-order valence-electron chi connectivity index (χ1n) is 4.48. The highest BCUT2D eigenvalue weighted by atomic mass is 16.4. The fourth-order valence-corrected chi connectivity index (χ4v) is 1.01. The summed E-state index contributed by atoms with van der Waals surface area (Å²) in [7, 11) is 0. The van der Waals surface area contributed by atoms with E-state index < -0.39 is 0 Å². The number of aromatic nitrogens is 1. The molecule has 1 aromatic heterocycles. The van der Waals surface area contributed by atoms with Crippen molar-refractivity contribution in [3.05, 3.63) is 17.3 Å². The number of nitrogens with one attached hydrogen (secondary N) is 1. The molecule has 0 aliphatic heterocycles. The van der Waals surface area contributed by atoms with Gasteiger partial charge in [0.2, 0.25) is 5.89 Å². The first-order chi connectivity index (χ1) is 6.24. The summed E-state index contributed by atoms with van der Waals surface area (Å²) >= 11 is 0. The monoisotopic (exact) mass is 184 g/mol. The molecule has 0 amide bonds. The first-order valence-corrected chi connectivity index (χ1v) is 4.48. The number of aliphatic hydroxyl groups excluding tert-OH is 1. The van der Waals surface area contributed by atoms with Gasteiger partial charge in [-0.15, -0.1) is 0 Å². The zero-order chi connectivity index (χ0) is 9.68. The number of hydrogen-bond acceptors (Lipinski definition) is 4. The van der Waals surface area contributed by atoms with Crippen LogP contribution < -0.4 is 5.32 Å². The van der Waals surface area contributed by atoms with Gasteiger partial charge in [0.05, 0.1) is 12.2 Å². The van der Waals surface area contributed by atoms with Crippen molar-refractivity contribution in [2.75, 3.05) is 13.2 Å². The summed E-state index contributed by atoms with van der Waals surface area (Å²) < 4.78 is 5.36. The maximum Gasteiger partial charge on any atom is 0.208 e. The van der Waals surface area contributed by atoms with E-state index >= 15 is 0 Å². The van der Waals surface area contributed by atoms with Crippen molar-refractivity contribution in [1.82, 2.24) is 10.3 Å². The third-order valence-electron chi connectivity index (χ3n) is 1.86. The molecule has 0 bridgehead atoms. The van der Waals surface area contributed by atoms with Crippen molar-refractivity contribution in [2.45, 2.75) is 26.8 Å². The van der Waals surface area contributed by atoms with E-state index in [1.165, 1.54) is 0 Å². The third-order valence-corrected chi connectivity index (χ3v) is 1.86. The van der Waals surface area contributed by atoms with Crippen LogP contribution in [0.2, 0.25) is 0 Å². The van der Waals surface area contributed by atoms with Gasteiger partial charge < -0.3 is 14.8 Å². The number of nitrogens with zero attached hydrogens (tertiary/aromatic N) is 1. The van der Waals surface area contributed by atoms with E-state index in [1.807, 2.05) is 13.8 Å². The van der Waals surface area contributed by atoms with Crippen LogP contribution in [0.4, 0.5) is 0 Å². The van der Waals surface area contributed by atoms with Gasteiger partial charge in [-0.3, -0.25) is 0 Å². The summed E-state index contributed by atoms with van der Waals surface area (Å²) in [6.07, 6.45) is 0.763. The van der Waals surface area contributed by atoms with E-state index in [2.05, 4.69) is 10.3 Å². The molecule has 0 aromatic carbocycles. The first kappa shape index (κ1) is 10.2. The van der Waals surface area contributed by atoms with Crippen LogP contribution in [-0.4, -0.2) is 23.2 Å². The highest BCUT2D eigenvalue weighted by molar-refractivity contribution is 5.04. The van der Waals surface area contributed by atoms with E-state index in [9.17, 15) is 0 Å². The molecule has 0 fully saturated rings. The van der Waals surface area contributed by atoms with E-state index in [4.69, 9.17) is 9.52 Å². The number of aliphatic hydroxyl groups is 1. The van der Waals surface area contributed by atoms with Gasteiger partial charge >= 0.3 is 0 Å². The Balaban J connectivity index is 2.29. The Labute approximate surface area is 78.0 Å². The normalized spacial score (nSPS) is 10.7. The molecular formula is C9H16N2O2. The molecule has 0 radical (unpaired) electrons. The van der Waals surface area contributed by atoms with Gasteiger partial charge in [-0.05, 0) is 26.8 Å². The molecule has 1 heterocycles. The quantitative estimate of drug-likeness (QED) is 0.663. The fraction of sp³-hybridized carbons (Fsp3) is 0.667. The zero-order valence-electron chi connectivity index (χ0n) is 8.13. The lowest BCUT2D eigenvalue weighted by Gasteiger charge is -1.98. The van der Waals surface area contributed by atoms with Crippen LogP contribution in [0.5, 0.6) is 0 Å². The summed E-state index contributed by atoms with van der Waals surface area (Å²) in [5.74, 6) is 1.59. The summed E-state index contributed by atoms with van der Waals surface area (Å²) in [6.45, 7) is 5.47. The Kier molecular flexibility index (Phi) is 3.92. The average molecular weight is 184 g/mol. The molecule has 1 rings (SSSR count). The Hall–Kier alpha value is -0.870. The molecule has 0 atom stereocenters. The molecule has 4 nitrogen and oxygen atoms in total. The van der Waals surface area contributed by atoms with Crippen LogP contribution in [-0.2, 0) is 6.54 Å². The van der Waals surface area contributed by atoms with E-state index in [0.29, 0.717) is 12.4 Å². The van der Waals surface area contributed by atoms with Crippen molar-refractivity contribution in [3.8, 4) is 0 Å². The highest BCUT2D eigenvalue weighted by Gasteiger charge is 2.03. The number of aryl methyl sites for hydroxylation is 2. The summed E-state index contributed by atoms with van der Waals surface area (Å²) in [5.41, 5.74) is 0.943. The maximum atomic E-state index is 8.53. The van der Waals surface area contributed by atoms with Crippen LogP contribution in [0.1, 0.15) is 23.8 Å². The van der Waals surface area contributed by atoms with Crippen molar-refractivity contribution < 1.29 is 9.52 Å². The van der Waals surface area contributed by atoms with Gasteiger partial charge in [-0.1, -0.05) is 0 Å². The Morgan fingerprint density at radius 2 is 2.23 bits per heavy atom. The molecule has 0 aliphatic carbocycles. The molecule has 13 heavy (non-hydrogen) atoms. The minimum Gasteiger partial charge on any atom is -0.444 e. The van der Waals surface area contributed by atoms with Gasteiger partial charge in [0.15, 0.2) is 0 Å². The molecule has 74 valence electrons. The molecule has 0 aliphatic rings. The van der Waals surface area contributed by atoms with Gasteiger partial charge in [0.1, 0.15) is 5.76 Å². The molecule has 1 aromatic rings. The zero-order valence-corrected chi connectivity index (χ0v) is 8.13. The Morgan fingerprint density at radius 3 is 2.77 bits per heavy atom. The molecule has 0 unspecified atom stereocenters. The van der Waals surface area contributed by atoms with Crippen LogP contribution >= 0.6 is 0 Å². The number of hydrogen-bond donors (Lipinski definition) is 2. The van der Waals surface area contributed by atoms with Crippen molar-refractivity contribution in [3.63, 3.8) is 0 Å². The third kappa shape index (κ3) is 3.16. The average Bonchev–Trinajstić information content (AvgIpc) is 2.41. The van der Waals surface area contributed by atoms with Crippen molar-refractivity contribution in [1.29, 1.82) is 0 Å². The number of rotatable bonds is 5. The molecular weight excluding hydrogens is 168 g/mol. The summed E-state index contributed by atoms with van der Waals surface area (Å²) in [5, 5.41) is 11.7. The second-order valence-corrected chi connectivity index (χ2v) is 3.00. The Bertz CT molecular complexity index is 239. The smallest absolute Gasteiger partial charge is 0.208 e. The molecule has 0 saturated carbocycles. The van der Waals surface area contributed by atoms with Gasteiger partial charge in [-0.2, -0.15) is 0 Å². The molecule has 0 saturated heterocycles. The summed E-state index contributed by atoms with van der Waals surface area (Å²) in [4.78, 5) is 4.22. The Morgan fingerprint density at radius 1 is 1.46 bits per heavy atom. The lowest BCUT2D eigenvalue weighted by molar-refractivity contribution is 0.285. The van der Waals surface area contributed by atoms with E-state index in [1.54, 1.807) is 0 Å². The minimum absolute atomic E-state index is 0.219. The van der Waals surface area contributed by atoms with Crippen LogP contribution in [0, 0.1) is 13.8 Å². The van der Waals surface area contributed by atoms with Gasteiger partial charge in [0, 0.05) is 6.61 Å². The molecule has 0 spiro atoms. The SMILES string of the molecule is Cc1nc(CNCCCO)oc1C. The highest BCUT2D eigenvalue weighted by Crippen LogP contribution is 2.07. The predicted octanol–water partition coefficient (Wildman–Crippen LogP) is 0.763. The summed E-state index contributed by atoms with van der Waals surface area (Å²) in [6, 6.07) is 0. The van der Waals surface area contributed by atoms with Crippen LogP contribution in [0.15, 0.2) is 4.42 Å². The fourth-order valence-electron chi connectivity index (χ4n) is 1.01.